The maximum absolute atomic E-state index is 13.3. The van der Waals surface area contributed by atoms with Gasteiger partial charge in [-0.1, -0.05) is 0 Å². The second-order valence-electron chi connectivity index (χ2n) is 13.5. The lowest BCUT2D eigenvalue weighted by atomic mass is 10.1. The average molecular weight is 877 g/mol. The van der Waals surface area contributed by atoms with Gasteiger partial charge < -0.3 is 55.9 Å². The van der Waals surface area contributed by atoms with Crippen molar-refractivity contribution in [1.82, 2.24) is 38.6 Å². The number of aromatic amines is 1. The van der Waals surface area contributed by atoms with E-state index < -0.39 is 120 Å². The van der Waals surface area contributed by atoms with Crippen molar-refractivity contribution >= 4 is 38.4 Å². The van der Waals surface area contributed by atoms with Crippen LogP contribution in [0.3, 0.4) is 0 Å². The monoisotopic (exact) mass is 876 g/mol. The first kappa shape index (κ1) is 42.8. The Labute approximate surface area is 328 Å². The molecule has 2 unspecified atom stereocenters. The minimum Gasteiger partial charge on any atom is -0.394 e. The smallest absolute Gasteiger partial charge is 0.394 e. The van der Waals surface area contributed by atoms with Crippen LogP contribution in [0.15, 0.2) is 45.5 Å². The van der Waals surface area contributed by atoms with Crippen LogP contribution in [0, 0.1) is 6.92 Å². The summed E-state index contributed by atoms with van der Waals surface area (Å²) in [5, 5.41) is 42.6. The number of nitrogens with two attached hydrogens (primary N) is 2. The van der Waals surface area contributed by atoms with Gasteiger partial charge in [0.05, 0.1) is 26.1 Å². The van der Waals surface area contributed by atoms with Gasteiger partial charge in [-0.3, -0.25) is 41.6 Å². The summed E-state index contributed by atoms with van der Waals surface area (Å²) in [6, 6.07) is 1.17. The Balaban J connectivity index is 1.04. The van der Waals surface area contributed by atoms with Crippen molar-refractivity contribution < 1.29 is 71.6 Å². The van der Waals surface area contributed by atoms with E-state index in [2.05, 4.69) is 24.9 Å². The molecule has 7 rings (SSSR count). The van der Waals surface area contributed by atoms with Crippen LogP contribution in [-0.4, -0.2) is 137 Å². The molecule has 7 heterocycles. The Hall–Kier alpha value is -4.35. The fraction of sp³-hybridized carbons (Fsp3) is 0.552. The lowest BCUT2D eigenvalue weighted by Gasteiger charge is -2.25. The van der Waals surface area contributed by atoms with Crippen molar-refractivity contribution in [3.05, 3.63) is 68.0 Å². The predicted octanol–water partition coefficient (Wildman–Crippen LogP) is -3.73. The van der Waals surface area contributed by atoms with Crippen LogP contribution in [-0.2, 0) is 41.4 Å². The van der Waals surface area contributed by atoms with Crippen molar-refractivity contribution in [2.75, 3.05) is 31.3 Å². The first-order valence-electron chi connectivity index (χ1n) is 17.4. The minimum absolute atomic E-state index is 0.0288. The zero-order valence-electron chi connectivity index (χ0n) is 30.3. The molecule has 3 fully saturated rings. The van der Waals surface area contributed by atoms with Gasteiger partial charge in [-0.25, -0.2) is 33.7 Å². The number of phosphoric acid groups is 2. The third-order valence-electron chi connectivity index (χ3n) is 9.58. The van der Waals surface area contributed by atoms with Crippen molar-refractivity contribution in [3.8, 4) is 0 Å². The molecule has 0 amide bonds. The first-order chi connectivity index (χ1) is 27.9. The van der Waals surface area contributed by atoms with Crippen molar-refractivity contribution in [2.45, 2.75) is 80.9 Å². The molecule has 3 aliphatic heterocycles. The fourth-order valence-electron chi connectivity index (χ4n) is 6.65. The third-order valence-corrected chi connectivity index (χ3v) is 11.6. The molecule has 4 aromatic rings. The number of phosphoric ester groups is 2. The van der Waals surface area contributed by atoms with Crippen LogP contribution < -0.4 is 28.4 Å². The topological polar surface area (TPSA) is 406 Å². The number of hydrogen-bond acceptors (Lipinski definition) is 22. The van der Waals surface area contributed by atoms with Gasteiger partial charge in [-0.15, -0.1) is 0 Å². The van der Waals surface area contributed by atoms with E-state index in [0.29, 0.717) is 0 Å². The maximum Gasteiger partial charge on any atom is 0.472 e. The lowest BCUT2D eigenvalue weighted by Crippen LogP contribution is -2.38. The molecule has 0 radical (unpaired) electrons. The molecule has 59 heavy (non-hydrogen) atoms. The number of aliphatic hydroxyl groups excluding tert-OH is 4. The number of aryl methyl sites for hydroxylation is 1. The van der Waals surface area contributed by atoms with Gasteiger partial charge in [0.2, 0.25) is 0 Å². The quantitative estimate of drug-likeness (QED) is 0.0550. The van der Waals surface area contributed by atoms with Crippen LogP contribution in [0.5, 0.6) is 0 Å². The van der Waals surface area contributed by atoms with E-state index in [9.17, 15) is 53.7 Å². The van der Waals surface area contributed by atoms with E-state index in [4.69, 9.17) is 43.8 Å². The number of aliphatic hydroxyl groups is 4. The zero-order chi connectivity index (χ0) is 42.6. The fourth-order valence-corrected chi connectivity index (χ4v) is 8.58. The number of nitrogens with one attached hydrogen (secondary N) is 1. The molecule has 30 heteroatoms. The van der Waals surface area contributed by atoms with Crippen LogP contribution in [0.25, 0.3) is 11.2 Å². The summed E-state index contributed by atoms with van der Waals surface area (Å²) in [5.74, 6) is -0.165. The molecular weight excluding hydrogens is 838 g/mol. The maximum atomic E-state index is 13.3. The number of rotatable bonds is 14. The van der Waals surface area contributed by atoms with Gasteiger partial charge in [-0.2, -0.15) is 4.98 Å². The highest BCUT2D eigenvalue weighted by atomic mass is 31.2. The van der Waals surface area contributed by atoms with E-state index >= 15 is 0 Å². The highest BCUT2D eigenvalue weighted by Crippen LogP contribution is 2.52. The molecule has 0 bridgehead atoms. The second-order valence-corrected chi connectivity index (χ2v) is 16.3. The summed E-state index contributed by atoms with van der Waals surface area (Å²) in [4.78, 5) is 76.0. The highest BCUT2D eigenvalue weighted by Gasteiger charge is 2.52. The largest absolute Gasteiger partial charge is 0.472 e. The van der Waals surface area contributed by atoms with Gasteiger partial charge in [0.25, 0.3) is 5.56 Å². The molecule has 0 saturated carbocycles. The molecule has 0 aromatic carbocycles. The van der Waals surface area contributed by atoms with E-state index in [1.165, 1.54) is 30.1 Å². The van der Waals surface area contributed by atoms with E-state index in [1.807, 2.05) is 0 Å². The Bertz CT molecular complexity index is 2470. The highest BCUT2D eigenvalue weighted by molar-refractivity contribution is 7.47. The molecule has 0 aliphatic carbocycles. The van der Waals surface area contributed by atoms with Gasteiger partial charge >= 0.3 is 27.0 Å². The summed E-state index contributed by atoms with van der Waals surface area (Å²) in [6.07, 6.45) is -12.9. The minimum atomic E-state index is -5.33. The Morgan fingerprint density at radius 2 is 1.56 bits per heavy atom. The number of H-pyrrole nitrogens is 1. The average Bonchev–Trinajstić information content (AvgIpc) is 3.93. The molecule has 3 saturated heterocycles. The Kier molecular flexibility index (Phi) is 12.0. The molecule has 322 valence electrons. The number of hydrogen-bond donors (Lipinski definition) is 9. The van der Waals surface area contributed by atoms with Crippen LogP contribution in [0.4, 0.5) is 11.6 Å². The molecule has 11 N–H and O–H groups in total. The lowest BCUT2D eigenvalue weighted by molar-refractivity contribution is -0.0635. The summed E-state index contributed by atoms with van der Waals surface area (Å²) in [7, 11) is -10.5. The molecule has 13 atom stereocenters. The number of ether oxygens (including phenoxy) is 3. The number of nitrogens with zero attached hydrogens (tertiary/aromatic N) is 7. The number of fused-ring (bicyclic) bond motifs is 1. The number of aromatic nitrogens is 8. The summed E-state index contributed by atoms with van der Waals surface area (Å²) in [5.41, 5.74) is 9.31. The summed E-state index contributed by atoms with van der Waals surface area (Å²) < 4.78 is 67.4. The molecule has 4 aromatic heterocycles. The van der Waals surface area contributed by atoms with E-state index in [-0.39, 0.29) is 34.8 Å². The summed E-state index contributed by atoms with van der Waals surface area (Å²) >= 11 is 0. The standard InChI is InChI=1S/C29H38N10O18P2/c1-11-5-38(29(46)36-25(11)44)17-4-12(13(6-40)53-17)56-58(47,48)52-8-15-22(21(43)27(55-15)37-3-2-16(30)35-28(37)45)57-59(49,50)51-7-14-19(41)20(42)26(54-14)39-10-34-18-23(31)32-9-33-24(18)39/h2-3,5,9-10,12-15,17,19-22,26-27,40-43H,4,6-8H2,1H3,(H,47,48)(H,49,50)(H2,30,35,45)(H2,31,32,33)(H,36,44,46)/t12-,13+,14+,15+,17+,19+,20+,21+,22+,26+,27+/m0/s1. The number of nitrogen functional groups attached to an aromatic ring is 2. The molecule has 3 aliphatic rings. The Morgan fingerprint density at radius 1 is 0.881 bits per heavy atom. The number of anilines is 2. The molecular formula is C29H38N10O18P2. The third kappa shape index (κ3) is 8.78. The van der Waals surface area contributed by atoms with Crippen molar-refractivity contribution in [1.29, 1.82) is 0 Å². The number of imidazole rings is 1. The van der Waals surface area contributed by atoms with Crippen molar-refractivity contribution in [3.63, 3.8) is 0 Å². The van der Waals surface area contributed by atoms with Gasteiger partial charge in [0.1, 0.15) is 72.7 Å². The molecule has 0 spiro atoms. The summed E-state index contributed by atoms with van der Waals surface area (Å²) in [6.45, 7) is -1.22. The SMILES string of the molecule is Cc1cn([C@H]2C[C@H](OP(=O)(O)OC[C@H]3O[C@@H](n4ccc(N)nc4=O)[C@H](O)[C@@H]3OP(=O)(O)OC[C@H]3O[C@@H](n4cnc5c(N)ncnc54)[C@H](O)[C@@H]3O)[C@@H](CO)O2)c(=O)[nH]c1=O. The van der Waals surface area contributed by atoms with Gasteiger partial charge in [0, 0.05) is 24.4 Å². The molecule has 28 nitrogen and oxygen atoms in total. The zero-order valence-corrected chi connectivity index (χ0v) is 32.1. The van der Waals surface area contributed by atoms with Crippen molar-refractivity contribution in [2.24, 2.45) is 0 Å². The first-order valence-corrected chi connectivity index (χ1v) is 20.4. The van der Waals surface area contributed by atoms with Gasteiger partial charge in [0.15, 0.2) is 23.9 Å². The van der Waals surface area contributed by atoms with Crippen LogP contribution in [0.1, 0.15) is 30.7 Å². The van der Waals surface area contributed by atoms with Gasteiger partial charge in [-0.05, 0) is 13.0 Å². The van der Waals surface area contributed by atoms with E-state index in [0.717, 1.165) is 21.7 Å². The van der Waals surface area contributed by atoms with E-state index in [1.54, 1.807) is 0 Å². The predicted molar refractivity (Wildman–Crippen MR) is 191 cm³/mol. The second kappa shape index (κ2) is 16.6. The Morgan fingerprint density at radius 3 is 2.27 bits per heavy atom. The normalized spacial score (nSPS) is 31.7. The van der Waals surface area contributed by atoms with Crippen LogP contribution in [0.2, 0.25) is 0 Å². The van der Waals surface area contributed by atoms with Crippen LogP contribution >= 0.6 is 15.6 Å².